The number of carbonyl (C=O) groups excluding carboxylic acids is 2. The number of ether oxygens (including phenoxy) is 2. The first-order chi connectivity index (χ1) is 10.2. The van der Waals surface area contributed by atoms with E-state index < -0.39 is 29.6 Å². The Morgan fingerprint density at radius 3 is 2.45 bits per heavy atom. The topological polar surface area (TPSA) is 102 Å². The summed E-state index contributed by atoms with van der Waals surface area (Å²) in [7, 11) is 0. The fourth-order valence-corrected chi connectivity index (χ4v) is 2.29. The zero-order chi connectivity index (χ0) is 16.5. The maximum Gasteiger partial charge on any atom is 0.337 e. The smallest absolute Gasteiger partial charge is 0.337 e. The number of esters is 2. The highest BCUT2D eigenvalue weighted by Crippen LogP contribution is 2.25. The first-order valence-corrected chi connectivity index (χ1v) is 7.30. The van der Waals surface area contributed by atoms with Gasteiger partial charge >= 0.3 is 17.9 Å². The molecule has 0 saturated carbocycles. The van der Waals surface area contributed by atoms with E-state index in [0.29, 0.717) is 0 Å². The molecule has 0 spiro atoms. The van der Waals surface area contributed by atoms with Gasteiger partial charge in [-0.15, -0.1) is 0 Å². The predicted octanol–water partition coefficient (Wildman–Crippen LogP) is 2.14. The standard InChI is InChI=1S/C14H12INO6/c1-14(2)21-12(19)9(13(20)22-14)6-16-10-4-3-7(15)5-8(10)11(17)18/h3-6,9H,1-2H3,(H,17,18). The summed E-state index contributed by atoms with van der Waals surface area (Å²) in [6.07, 6.45) is 1.04. The number of carboxylic acids is 1. The highest BCUT2D eigenvalue weighted by Gasteiger charge is 2.42. The summed E-state index contributed by atoms with van der Waals surface area (Å²) in [5, 5.41) is 9.14. The number of hydrogen-bond acceptors (Lipinski definition) is 6. The number of carbonyl (C=O) groups is 3. The number of carboxylic acid groups (broad SMARTS) is 1. The lowest BCUT2D eigenvalue weighted by atomic mass is 10.1. The van der Waals surface area contributed by atoms with Crippen LogP contribution in [0.15, 0.2) is 23.2 Å². The Bertz CT molecular complexity index is 662. The van der Waals surface area contributed by atoms with Crippen LogP contribution < -0.4 is 0 Å². The predicted molar refractivity (Wildman–Crippen MR) is 84.0 cm³/mol. The number of aliphatic imine (C=N–C) groups is 1. The molecule has 1 N–H and O–H groups in total. The molecule has 1 aliphatic rings. The summed E-state index contributed by atoms with van der Waals surface area (Å²) in [4.78, 5) is 38.7. The summed E-state index contributed by atoms with van der Waals surface area (Å²) in [5.41, 5.74) is 0.111. The molecule has 0 amide bonds. The third kappa shape index (κ3) is 3.62. The number of rotatable bonds is 3. The Morgan fingerprint density at radius 1 is 1.32 bits per heavy atom. The Hall–Kier alpha value is -1.97. The Kier molecular flexibility index (Phi) is 4.50. The van der Waals surface area contributed by atoms with E-state index in [2.05, 4.69) is 4.99 Å². The first-order valence-electron chi connectivity index (χ1n) is 6.22. The fourth-order valence-electron chi connectivity index (χ4n) is 1.80. The van der Waals surface area contributed by atoms with Crippen LogP contribution in [-0.4, -0.2) is 35.0 Å². The Labute approximate surface area is 139 Å². The molecule has 1 saturated heterocycles. The van der Waals surface area contributed by atoms with Gasteiger partial charge in [0.25, 0.3) is 5.79 Å². The summed E-state index contributed by atoms with van der Waals surface area (Å²) in [6.45, 7) is 2.88. The first kappa shape index (κ1) is 16.4. The van der Waals surface area contributed by atoms with Crippen LogP contribution in [0, 0.1) is 9.49 Å². The molecule has 1 fully saturated rings. The molecule has 0 atom stereocenters. The zero-order valence-corrected chi connectivity index (χ0v) is 13.9. The van der Waals surface area contributed by atoms with Crippen LogP contribution in [0.2, 0.25) is 0 Å². The number of hydrogen-bond donors (Lipinski definition) is 1. The highest BCUT2D eigenvalue weighted by molar-refractivity contribution is 14.1. The second-order valence-electron chi connectivity index (χ2n) is 4.96. The van der Waals surface area contributed by atoms with Crippen molar-refractivity contribution in [3.8, 4) is 0 Å². The molecule has 7 nitrogen and oxygen atoms in total. The van der Waals surface area contributed by atoms with Gasteiger partial charge in [-0.1, -0.05) is 0 Å². The summed E-state index contributed by atoms with van der Waals surface area (Å²) >= 11 is 1.97. The van der Waals surface area contributed by atoms with Crippen LogP contribution >= 0.6 is 22.6 Å². The molecular formula is C14H12INO6. The molecule has 1 aliphatic heterocycles. The second kappa shape index (κ2) is 6.03. The van der Waals surface area contributed by atoms with Gasteiger partial charge in [0.15, 0.2) is 5.92 Å². The van der Waals surface area contributed by atoms with Crippen LogP contribution in [0.25, 0.3) is 0 Å². The number of halogens is 1. The maximum atomic E-state index is 11.8. The molecule has 0 aliphatic carbocycles. The third-order valence-electron chi connectivity index (χ3n) is 2.75. The van der Waals surface area contributed by atoms with E-state index in [1.807, 2.05) is 22.6 Å². The van der Waals surface area contributed by atoms with Gasteiger partial charge in [0.05, 0.1) is 11.3 Å². The third-order valence-corrected chi connectivity index (χ3v) is 3.42. The number of benzene rings is 1. The molecule has 8 heteroatoms. The van der Waals surface area contributed by atoms with Crippen molar-refractivity contribution in [3.63, 3.8) is 0 Å². The second-order valence-corrected chi connectivity index (χ2v) is 6.21. The lowest BCUT2D eigenvalue weighted by Crippen LogP contribution is -2.46. The molecule has 1 heterocycles. The molecule has 2 rings (SSSR count). The molecule has 1 aromatic rings. The lowest BCUT2D eigenvalue weighted by molar-refractivity contribution is -0.235. The van der Waals surface area contributed by atoms with Crippen molar-refractivity contribution < 1.29 is 29.0 Å². The zero-order valence-electron chi connectivity index (χ0n) is 11.7. The average molecular weight is 417 g/mol. The van der Waals surface area contributed by atoms with Crippen molar-refractivity contribution in [2.24, 2.45) is 10.9 Å². The van der Waals surface area contributed by atoms with Crippen molar-refractivity contribution in [1.82, 2.24) is 0 Å². The van der Waals surface area contributed by atoms with Gasteiger partial charge in [0.1, 0.15) is 0 Å². The minimum absolute atomic E-state index is 0.0268. The lowest BCUT2D eigenvalue weighted by Gasteiger charge is -2.31. The van der Waals surface area contributed by atoms with Crippen LogP contribution in [0.5, 0.6) is 0 Å². The van der Waals surface area contributed by atoms with E-state index in [9.17, 15) is 14.4 Å². The van der Waals surface area contributed by atoms with E-state index in [4.69, 9.17) is 14.6 Å². The van der Waals surface area contributed by atoms with Gasteiger partial charge in [-0.05, 0) is 40.8 Å². The highest BCUT2D eigenvalue weighted by atomic mass is 127. The van der Waals surface area contributed by atoms with Gasteiger partial charge in [-0.25, -0.2) is 4.79 Å². The van der Waals surface area contributed by atoms with Crippen molar-refractivity contribution in [2.45, 2.75) is 19.6 Å². The fraction of sp³-hybridized carbons (Fsp3) is 0.286. The molecule has 116 valence electrons. The molecule has 0 unspecified atom stereocenters. The number of cyclic esters (lactones) is 2. The van der Waals surface area contributed by atoms with Crippen LogP contribution in [-0.2, 0) is 19.1 Å². The number of nitrogens with zero attached hydrogens (tertiary/aromatic N) is 1. The summed E-state index contributed by atoms with van der Waals surface area (Å²) < 4.78 is 10.6. The molecule has 1 aromatic carbocycles. The van der Waals surface area contributed by atoms with Gasteiger partial charge in [-0.3, -0.25) is 14.6 Å². The van der Waals surface area contributed by atoms with Gasteiger partial charge in [-0.2, -0.15) is 0 Å². The van der Waals surface area contributed by atoms with Crippen molar-refractivity contribution in [3.05, 3.63) is 27.3 Å². The average Bonchev–Trinajstić information content (AvgIpc) is 2.37. The van der Waals surface area contributed by atoms with Crippen molar-refractivity contribution in [1.29, 1.82) is 0 Å². The van der Waals surface area contributed by atoms with Gasteiger partial charge in [0, 0.05) is 23.6 Å². The normalized spacial score (nSPS) is 18.1. The Balaban J connectivity index is 2.28. The monoisotopic (exact) mass is 417 g/mol. The van der Waals surface area contributed by atoms with Crippen LogP contribution in [0.3, 0.4) is 0 Å². The minimum atomic E-state index is -1.31. The maximum absolute atomic E-state index is 11.8. The minimum Gasteiger partial charge on any atom is -0.478 e. The van der Waals surface area contributed by atoms with E-state index in [0.717, 1.165) is 9.78 Å². The molecule has 0 aromatic heterocycles. The van der Waals surface area contributed by atoms with Crippen molar-refractivity contribution >= 4 is 52.4 Å². The van der Waals surface area contributed by atoms with Crippen molar-refractivity contribution in [2.75, 3.05) is 0 Å². The van der Waals surface area contributed by atoms with E-state index in [1.165, 1.54) is 26.0 Å². The molecule has 0 bridgehead atoms. The SMILES string of the molecule is CC1(C)OC(=O)C(C=Nc2ccc(I)cc2C(=O)O)C(=O)O1. The molecule has 22 heavy (non-hydrogen) atoms. The van der Waals surface area contributed by atoms with E-state index in [-0.39, 0.29) is 11.3 Å². The molecular weight excluding hydrogens is 405 g/mol. The van der Waals surface area contributed by atoms with Crippen LogP contribution in [0.4, 0.5) is 5.69 Å². The largest absolute Gasteiger partial charge is 0.478 e. The quantitative estimate of drug-likeness (QED) is 0.350. The number of aromatic carboxylic acids is 1. The Morgan fingerprint density at radius 2 is 1.91 bits per heavy atom. The molecule has 0 radical (unpaired) electrons. The summed E-state index contributed by atoms with van der Waals surface area (Å²) in [6, 6.07) is 4.60. The van der Waals surface area contributed by atoms with Gasteiger partial charge in [0.2, 0.25) is 0 Å². The van der Waals surface area contributed by atoms with E-state index in [1.54, 1.807) is 6.07 Å². The summed E-state index contributed by atoms with van der Waals surface area (Å²) in [5.74, 6) is -5.34. The van der Waals surface area contributed by atoms with Gasteiger partial charge < -0.3 is 14.6 Å². The van der Waals surface area contributed by atoms with Crippen LogP contribution in [0.1, 0.15) is 24.2 Å². The van der Waals surface area contributed by atoms with E-state index >= 15 is 0 Å².